The normalized spacial score (nSPS) is 12.5. The van der Waals surface area contributed by atoms with E-state index in [0.717, 1.165) is 16.6 Å². The van der Waals surface area contributed by atoms with Crippen LogP contribution in [0.3, 0.4) is 0 Å². The molecular formula is C37H59FN4O6Si. The lowest BCUT2D eigenvalue weighted by atomic mass is 9.96. The number of carbonyl (C=O) groups excluding carboxylic acids is 2. The monoisotopic (exact) mass is 702 g/mol. The number of benzene rings is 1. The molecule has 12 heteroatoms. The summed E-state index contributed by atoms with van der Waals surface area (Å²) in [5, 5.41) is 15.7. The number of fused-ring (bicyclic) bond motifs is 1. The van der Waals surface area contributed by atoms with Crippen LogP contribution in [-0.2, 0) is 46.9 Å². The molecule has 2 heterocycles. The van der Waals surface area contributed by atoms with Crippen LogP contribution in [-0.4, -0.2) is 77.1 Å². The maximum atomic E-state index is 16.3. The summed E-state index contributed by atoms with van der Waals surface area (Å²) in [7, 11) is 1.50. The number of hydrogen-bond donors (Lipinski definition) is 1. The van der Waals surface area contributed by atoms with E-state index in [1.165, 1.54) is 6.07 Å². The van der Waals surface area contributed by atoms with Crippen LogP contribution in [0.1, 0.15) is 102 Å². The second-order valence-corrected chi connectivity index (χ2v) is 20.1. The minimum atomic E-state index is -1.99. The van der Waals surface area contributed by atoms with Crippen molar-refractivity contribution in [3.8, 4) is 11.1 Å². The molecule has 0 fully saturated rings. The summed E-state index contributed by atoms with van der Waals surface area (Å²) < 4.78 is 37.5. The predicted octanol–water partition coefficient (Wildman–Crippen LogP) is 8.01. The van der Waals surface area contributed by atoms with Gasteiger partial charge in [0.15, 0.2) is 8.32 Å². The molecule has 0 unspecified atom stereocenters. The van der Waals surface area contributed by atoms with Crippen molar-refractivity contribution in [1.82, 2.24) is 19.2 Å². The molecule has 274 valence electrons. The molecule has 3 rings (SSSR count). The zero-order valence-electron chi connectivity index (χ0n) is 31.9. The second-order valence-electron chi connectivity index (χ2n) is 15.2. The van der Waals surface area contributed by atoms with E-state index in [1.807, 2.05) is 32.3 Å². The highest BCUT2D eigenvalue weighted by molar-refractivity contribution is 6.74. The van der Waals surface area contributed by atoms with Gasteiger partial charge >= 0.3 is 12.1 Å². The molecule has 1 amide bonds. The lowest BCUT2D eigenvalue weighted by Gasteiger charge is -2.36. The Labute approximate surface area is 293 Å². The van der Waals surface area contributed by atoms with Gasteiger partial charge < -0.3 is 28.5 Å². The van der Waals surface area contributed by atoms with Gasteiger partial charge in [0, 0.05) is 56.0 Å². The first-order valence-corrected chi connectivity index (χ1v) is 20.4. The zero-order chi connectivity index (χ0) is 36.9. The number of ether oxygens (including phenoxy) is 2. The molecule has 0 aliphatic carbocycles. The highest BCUT2D eigenvalue weighted by Gasteiger charge is 2.37. The van der Waals surface area contributed by atoms with E-state index < -0.39 is 31.8 Å². The van der Waals surface area contributed by atoms with Crippen molar-refractivity contribution in [1.29, 1.82) is 0 Å². The van der Waals surface area contributed by atoms with E-state index in [2.05, 4.69) is 39.0 Å². The van der Waals surface area contributed by atoms with Gasteiger partial charge in [-0.3, -0.25) is 4.68 Å². The van der Waals surface area contributed by atoms with Crippen molar-refractivity contribution in [2.45, 2.75) is 124 Å². The summed E-state index contributed by atoms with van der Waals surface area (Å²) in [4.78, 5) is 28.0. The Bertz CT molecular complexity index is 1620. The molecule has 0 saturated carbocycles. The standard InChI is InChI=1S/C37H59FN4O6Si/c1-13-29-31(28(24-43)39-41(29)10)30-27(38)20-19-26-25(18-17-23-47-49(11,12)37(6,7)8)33(34(44)46-14-2)42(32(26)30)22-16-15-21-40(9)35(45)48-36(3,4)5/h19-20,43H,13-18,21-24H2,1-12H3. The topological polar surface area (TPSA) is 108 Å². The number of carbonyl (C=O) groups is 2. The first kappa shape index (κ1) is 40.2. The van der Waals surface area contributed by atoms with Gasteiger partial charge in [-0.15, -0.1) is 0 Å². The summed E-state index contributed by atoms with van der Waals surface area (Å²) in [6, 6.07) is 3.18. The van der Waals surface area contributed by atoms with E-state index in [1.54, 1.807) is 36.7 Å². The fourth-order valence-electron chi connectivity index (χ4n) is 5.91. The Morgan fingerprint density at radius 3 is 2.29 bits per heavy atom. The third kappa shape index (κ3) is 9.32. The van der Waals surface area contributed by atoms with E-state index >= 15 is 4.39 Å². The molecule has 0 spiro atoms. The molecule has 0 aliphatic rings. The van der Waals surface area contributed by atoms with Gasteiger partial charge in [0.25, 0.3) is 0 Å². The number of nitrogens with zero attached hydrogens (tertiary/aromatic N) is 4. The van der Waals surface area contributed by atoms with Crippen LogP contribution >= 0.6 is 0 Å². The van der Waals surface area contributed by atoms with Gasteiger partial charge in [-0.25, -0.2) is 14.0 Å². The van der Waals surface area contributed by atoms with Gasteiger partial charge in [-0.1, -0.05) is 27.7 Å². The molecule has 0 aliphatic heterocycles. The Morgan fingerprint density at radius 2 is 1.71 bits per heavy atom. The first-order valence-electron chi connectivity index (χ1n) is 17.5. The van der Waals surface area contributed by atoms with E-state index in [-0.39, 0.29) is 18.3 Å². The number of rotatable bonds is 15. The average Bonchev–Trinajstić information content (AvgIpc) is 3.49. The van der Waals surface area contributed by atoms with Crippen LogP contribution in [0.2, 0.25) is 18.1 Å². The molecule has 0 radical (unpaired) electrons. The quantitative estimate of drug-likeness (QED) is 0.0971. The molecule has 1 N–H and O–H groups in total. The van der Waals surface area contributed by atoms with Crippen molar-refractivity contribution in [2.24, 2.45) is 7.05 Å². The Hall–Kier alpha value is -3.22. The van der Waals surface area contributed by atoms with Crippen LogP contribution in [0.5, 0.6) is 0 Å². The van der Waals surface area contributed by atoms with E-state index in [9.17, 15) is 14.7 Å². The number of amides is 1. The highest BCUT2D eigenvalue weighted by atomic mass is 28.4. The number of aliphatic hydroxyl groups is 1. The zero-order valence-corrected chi connectivity index (χ0v) is 32.9. The van der Waals surface area contributed by atoms with Crippen LogP contribution in [0, 0.1) is 5.82 Å². The van der Waals surface area contributed by atoms with Crippen molar-refractivity contribution in [3.63, 3.8) is 0 Å². The van der Waals surface area contributed by atoms with Crippen LogP contribution < -0.4 is 0 Å². The smallest absolute Gasteiger partial charge is 0.410 e. The molecule has 10 nitrogen and oxygen atoms in total. The van der Waals surface area contributed by atoms with Crippen molar-refractivity contribution < 1.29 is 33.0 Å². The Kier molecular flexibility index (Phi) is 13.3. The molecule has 1 aromatic carbocycles. The molecule has 0 atom stereocenters. The minimum absolute atomic E-state index is 0.0637. The number of hydrogen-bond acceptors (Lipinski definition) is 7. The maximum Gasteiger partial charge on any atom is 0.410 e. The fourth-order valence-corrected chi connectivity index (χ4v) is 7.00. The number of aryl methyl sites for hydroxylation is 3. The number of aliphatic hydroxyl groups excluding tert-OH is 1. The Balaban J connectivity index is 2.17. The summed E-state index contributed by atoms with van der Waals surface area (Å²) in [5.41, 5.74) is 3.16. The van der Waals surface area contributed by atoms with Crippen LogP contribution in [0.15, 0.2) is 12.1 Å². The van der Waals surface area contributed by atoms with Crippen molar-refractivity contribution in [3.05, 3.63) is 40.6 Å². The summed E-state index contributed by atoms with van der Waals surface area (Å²) >= 11 is 0. The second kappa shape index (κ2) is 16.2. The Morgan fingerprint density at radius 1 is 1.04 bits per heavy atom. The summed E-state index contributed by atoms with van der Waals surface area (Å²) in [6.45, 7) is 21.5. The number of esters is 1. The van der Waals surface area contributed by atoms with Gasteiger partial charge in [0.05, 0.1) is 24.4 Å². The van der Waals surface area contributed by atoms with Crippen LogP contribution in [0.25, 0.3) is 22.0 Å². The largest absolute Gasteiger partial charge is 0.461 e. The predicted molar refractivity (Wildman–Crippen MR) is 195 cm³/mol. The third-order valence-electron chi connectivity index (χ3n) is 9.39. The average molecular weight is 703 g/mol. The van der Waals surface area contributed by atoms with Crippen LogP contribution in [0.4, 0.5) is 9.18 Å². The third-order valence-corrected chi connectivity index (χ3v) is 13.9. The molecule has 0 saturated heterocycles. The minimum Gasteiger partial charge on any atom is -0.461 e. The van der Waals surface area contributed by atoms with E-state index in [4.69, 9.17) is 13.9 Å². The van der Waals surface area contributed by atoms with Gasteiger partial charge in [-0.2, -0.15) is 5.10 Å². The number of unbranched alkanes of at least 4 members (excludes halogenated alkanes) is 1. The number of halogens is 1. The van der Waals surface area contributed by atoms with Crippen molar-refractivity contribution >= 4 is 31.3 Å². The highest BCUT2D eigenvalue weighted by Crippen LogP contribution is 2.41. The molecule has 3 aromatic rings. The van der Waals surface area contributed by atoms with E-state index in [0.29, 0.717) is 79.8 Å². The molecule has 0 bridgehead atoms. The lowest BCUT2D eigenvalue weighted by molar-refractivity contribution is 0.0295. The van der Waals surface area contributed by atoms with Gasteiger partial charge in [0.2, 0.25) is 0 Å². The first-order chi connectivity index (χ1) is 22.8. The van der Waals surface area contributed by atoms with Crippen molar-refractivity contribution in [2.75, 3.05) is 26.8 Å². The molecule has 2 aromatic heterocycles. The summed E-state index contributed by atoms with van der Waals surface area (Å²) in [5.74, 6) is -0.933. The molecular weight excluding hydrogens is 644 g/mol. The van der Waals surface area contributed by atoms with Gasteiger partial charge in [-0.05, 0) is 95.6 Å². The van der Waals surface area contributed by atoms with Gasteiger partial charge in [0.1, 0.15) is 17.1 Å². The SMILES string of the molecule is CCOC(=O)c1c(CCCO[Si](C)(C)C(C)(C)C)c2ccc(F)c(-c3c(CO)nn(C)c3CC)c2n1CCCCN(C)C(=O)OC(C)(C)C. The fraction of sp³-hybridized carbons (Fsp3) is 0.649. The number of aromatic nitrogens is 3. The summed E-state index contributed by atoms with van der Waals surface area (Å²) in [6.07, 6.45) is 2.56. The molecule has 49 heavy (non-hydrogen) atoms. The maximum absolute atomic E-state index is 16.3. The lowest BCUT2D eigenvalue weighted by Crippen LogP contribution is -2.41.